The number of anilines is 1. The Labute approximate surface area is 169 Å². The molecular formula is C23H35N3O2. The molecule has 28 heavy (non-hydrogen) atoms. The highest BCUT2D eigenvalue weighted by Crippen LogP contribution is 2.31. The summed E-state index contributed by atoms with van der Waals surface area (Å²) < 4.78 is 0. The molecule has 1 saturated carbocycles. The summed E-state index contributed by atoms with van der Waals surface area (Å²) in [5.74, 6) is 0.645. The van der Waals surface area contributed by atoms with Crippen molar-refractivity contribution in [3.63, 3.8) is 0 Å². The summed E-state index contributed by atoms with van der Waals surface area (Å²) in [5, 5.41) is 3.09. The van der Waals surface area contributed by atoms with E-state index in [2.05, 4.69) is 48.3 Å². The van der Waals surface area contributed by atoms with E-state index in [1.165, 1.54) is 11.3 Å². The molecule has 1 heterocycles. The van der Waals surface area contributed by atoms with E-state index in [0.29, 0.717) is 5.91 Å². The number of carbonyl (C=O) groups excluding carboxylic acids is 2. The summed E-state index contributed by atoms with van der Waals surface area (Å²) in [6.07, 6.45) is 4.31. The van der Waals surface area contributed by atoms with Crippen molar-refractivity contribution in [3.8, 4) is 0 Å². The number of amides is 2. The SMILES string of the molecule is CCC(C)NC(=O)C1CCC(C(=O)N2CCN(c3cccc(C)c3)CC2)CC1. The zero-order chi connectivity index (χ0) is 20.1. The Kier molecular flexibility index (Phi) is 6.97. The minimum Gasteiger partial charge on any atom is -0.368 e. The van der Waals surface area contributed by atoms with Crippen molar-refractivity contribution < 1.29 is 9.59 Å². The van der Waals surface area contributed by atoms with Crippen LogP contribution in [0.1, 0.15) is 51.5 Å². The predicted molar refractivity (Wildman–Crippen MR) is 113 cm³/mol. The van der Waals surface area contributed by atoms with Crippen LogP contribution >= 0.6 is 0 Å². The Bertz CT molecular complexity index is 674. The number of nitrogens with one attached hydrogen (secondary N) is 1. The van der Waals surface area contributed by atoms with Crippen molar-refractivity contribution in [2.75, 3.05) is 31.1 Å². The molecule has 154 valence electrons. The van der Waals surface area contributed by atoms with Gasteiger partial charge in [-0.15, -0.1) is 0 Å². The van der Waals surface area contributed by atoms with Gasteiger partial charge in [0.05, 0.1) is 0 Å². The third-order valence-corrected chi connectivity index (χ3v) is 6.41. The van der Waals surface area contributed by atoms with Crippen molar-refractivity contribution in [2.45, 2.75) is 58.9 Å². The van der Waals surface area contributed by atoms with E-state index in [0.717, 1.165) is 58.3 Å². The van der Waals surface area contributed by atoms with Gasteiger partial charge in [-0.2, -0.15) is 0 Å². The van der Waals surface area contributed by atoms with Crippen molar-refractivity contribution in [3.05, 3.63) is 29.8 Å². The minimum atomic E-state index is 0.0798. The third-order valence-electron chi connectivity index (χ3n) is 6.41. The summed E-state index contributed by atoms with van der Waals surface area (Å²) in [6, 6.07) is 8.80. The predicted octanol–water partition coefficient (Wildman–Crippen LogP) is 3.36. The van der Waals surface area contributed by atoms with Gasteiger partial charge in [0.15, 0.2) is 0 Å². The van der Waals surface area contributed by atoms with Crippen LogP contribution in [0.25, 0.3) is 0 Å². The van der Waals surface area contributed by atoms with Gasteiger partial charge in [0, 0.05) is 49.7 Å². The number of rotatable bonds is 5. The molecule has 0 radical (unpaired) electrons. The topological polar surface area (TPSA) is 52.7 Å². The van der Waals surface area contributed by atoms with Gasteiger partial charge in [0.2, 0.25) is 11.8 Å². The third kappa shape index (κ3) is 5.06. The van der Waals surface area contributed by atoms with E-state index in [9.17, 15) is 9.59 Å². The van der Waals surface area contributed by atoms with E-state index in [1.807, 2.05) is 11.8 Å². The molecule has 0 spiro atoms. The van der Waals surface area contributed by atoms with Crippen LogP contribution in [0, 0.1) is 18.8 Å². The molecule has 0 aromatic heterocycles. The Hall–Kier alpha value is -2.04. The second-order valence-electron chi connectivity index (χ2n) is 8.52. The lowest BCUT2D eigenvalue weighted by Crippen LogP contribution is -2.51. The van der Waals surface area contributed by atoms with Crippen molar-refractivity contribution >= 4 is 17.5 Å². The van der Waals surface area contributed by atoms with Crippen LogP contribution in [0.4, 0.5) is 5.69 Å². The summed E-state index contributed by atoms with van der Waals surface area (Å²) in [7, 11) is 0. The number of benzene rings is 1. The van der Waals surface area contributed by atoms with Crippen LogP contribution in [-0.2, 0) is 9.59 Å². The molecular weight excluding hydrogens is 350 g/mol. The summed E-state index contributed by atoms with van der Waals surface area (Å²) in [6.45, 7) is 9.61. The van der Waals surface area contributed by atoms with Gasteiger partial charge in [-0.3, -0.25) is 9.59 Å². The highest BCUT2D eigenvalue weighted by atomic mass is 16.2. The monoisotopic (exact) mass is 385 g/mol. The molecule has 1 aromatic carbocycles. The highest BCUT2D eigenvalue weighted by Gasteiger charge is 2.33. The highest BCUT2D eigenvalue weighted by molar-refractivity contribution is 5.81. The zero-order valence-corrected chi connectivity index (χ0v) is 17.6. The molecule has 1 N–H and O–H groups in total. The molecule has 0 bridgehead atoms. The fraction of sp³-hybridized carbons (Fsp3) is 0.652. The van der Waals surface area contributed by atoms with E-state index >= 15 is 0 Å². The average molecular weight is 386 g/mol. The normalized spacial score (nSPS) is 24.0. The largest absolute Gasteiger partial charge is 0.368 e. The van der Waals surface area contributed by atoms with Crippen molar-refractivity contribution in [1.82, 2.24) is 10.2 Å². The van der Waals surface area contributed by atoms with Gasteiger partial charge < -0.3 is 15.1 Å². The molecule has 1 aliphatic carbocycles. The van der Waals surface area contributed by atoms with Gasteiger partial charge in [0.25, 0.3) is 0 Å². The van der Waals surface area contributed by atoms with Gasteiger partial charge in [0.1, 0.15) is 0 Å². The Morgan fingerprint density at radius 3 is 2.32 bits per heavy atom. The molecule has 5 nitrogen and oxygen atoms in total. The summed E-state index contributed by atoms with van der Waals surface area (Å²) >= 11 is 0. The molecule has 2 aliphatic rings. The molecule has 2 amide bonds. The molecule has 1 saturated heterocycles. The maximum Gasteiger partial charge on any atom is 0.225 e. The lowest BCUT2D eigenvalue weighted by molar-refractivity contribution is -0.138. The van der Waals surface area contributed by atoms with Gasteiger partial charge in [-0.05, 0) is 63.6 Å². The maximum absolute atomic E-state index is 13.0. The Balaban J connectivity index is 1.45. The first-order chi connectivity index (χ1) is 13.5. The standard InChI is InChI=1S/C23H35N3O2/c1-4-18(3)24-22(27)19-8-10-20(11-9-19)23(28)26-14-12-25(13-15-26)21-7-5-6-17(2)16-21/h5-7,16,18-20H,4,8-15H2,1-3H3,(H,24,27). The average Bonchev–Trinajstić information content (AvgIpc) is 2.73. The molecule has 5 heteroatoms. The second-order valence-corrected chi connectivity index (χ2v) is 8.52. The molecule has 1 aromatic rings. The van der Waals surface area contributed by atoms with Gasteiger partial charge in [-0.1, -0.05) is 19.1 Å². The zero-order valence-electron chi connectivity index (χ0n) is 17.6. The van der Waals surface area contributed by atoms with Crippen LogP contribution in [0.5, 0.6) is 0 Å². The van der Waals surface area contributed by atoms with Crippen molar-refractivity contribution in [1.29, 1.82) is 0 Å². The number of carbonyl (C=O) groups is 2. The Morgan fingerprint density at radius 2 is 1.71 bits per heavy atom. The second kappa shape index (κ2) is 9.44. The summed E-state index contributed by atoms with van der Waals surface area (Å²) in [4.78, 5) is 29.7. The smallest absolute Gasteiger partial charge is 0.225 e. The fourth-order valence-electron chi connectivity index (χ4n) is 4.33. The van der Waals surface area contributed by atoms with Crippen LogP contribution in [0.15, 0.2) is 24.3 Å². The number of hydrogen-bond acceptors (Lipinski definition) is 3. The van der Waals surface area contributed by atoms with Crippen LogP contribution in [0.3, 0.4) is 0 Å². The molecule has 2 fully saturated rings. The van der Waals surface area contributed by atoms with Gasteiger partial charge in [-0.25, -0.2) is 0 Å². The Morgan fingerprint density at radius 1 is 1.07 bits per heavy atom. The van der Waals surface area contributed by atoms with E-state index in [1.54, 1.807) is 0 Å². The lowest BCUT2D eigenvalue weighted by atomic mass is 9.80. The fourth-order valence-corrected chi connectivity index (χ4v) is 4.33. The number of aryl methyl sites for hydroxylation is 1. The van der Waals surface area contributed by atoms with Crippen LogP contribution in [0.2, 0.25) is 0 Å². The van der Waals surface area contributed by atoms with Gasteiger partial charge >= 0.3 is 0 Å². The first-order valence-electron chi connectivity index (χ1n) is 10.9. The van der Waals surface area contributed by atoms with E-state index < -0.39 is 0 Å². The van der Waals surface area contributed by atoms with E-state index in [4.69, 9.17) is 0 Å². The van der Waals surface area contributed by atoms with Crippen molar-refractivity contribution in [2.24, 2.45) is 11.8 Å². The van der Waals surface area contributed by atoms with E-state index in [-0.39, 0.29) is 23.8 Å². The first-order valence-corrected chi connectivity index (χ1v) is 10.9. The maximum atomic E-state index is 13.0. The molecule has 1 unspecified atom stereocenters. The first kappa shape index (κ1) is 20.7. The van der Waals surface area contributed by atoms with Crippen LogP contribution in [-0.4, -0.2) is 48.9 Å². The number of piperazine rings is 1. The number of nitrogens with zero attached hydrogens (tertiary/aromatic N) is 2. The number of hydrogen-bond donors (Lipinski definition) is 1. The molecule has 1 atom stereocenters. The summed E-state index contributed by atoms with van der Waals surface area (Å²) in [5.41, 5.74) is 2.52. The molecule has 3 rings (SSSR count). The minimum absolute atomic E-state index is 0.0798. The van der Waals surface area contributed by atoms with Crippen LogP contribution < -0.4 is 10.2 Å². The lowest BCUT2D eigenvalue weighted by Gasteiger charge is -2.38. The quantitative estimate of drug-likeness (QED) is 0.846. The molecule has 1 aliphatic heterocycles.